The monoisotopic (exact) mass is 322 g/mol. The summed E-state index contributed by atoms with van der Waals surface area (Å²) in [6.45, 7) is 0. The first kappa shape index (κ1) is 14.6. The standard InChI is InChI=1S/C18H15FN4O/c19-14-3-1-2-12(8-14)15-10-16(15)22-18(24)13-4-5-21-17(9-13)23-7-6-20-11-23/h1-9,11,15-16H,10H2,(H,22,24)/t15-,16-/m0/s1. The van der Waals surface area contributed by atoms with Gasteiger partial charge in [-0.25, -0.2) is 14.4 Å². The third kappa shape index (κ3) is 2.90. The van der Waals surface area contributed by atoms with Gasteiger partial charge in [0.25, 0.3) is 5.91 Å². The van der Waals surface area contributed by atoms with Crippen molar-refractivity contribution < 1.29 is 9.18 Å². The second-order valence-electron chi connectivity index (χ2n) is 5.85. The van der Waals surface area contributed by atoms with Crippen LogP contribution in [0.1, 0.15) is 28.3 Å². The predicted octanol–water partition coefficient (Wildman–Crippen LogP) is 2.69. The molecule has 3 aromatic rings. The quantitative estimate of drug-likeness (QED) is 0.803. The second kappa shape index (κ2) is 5.88. The number of nitrogens with zero attached hydrogens (tertiary/aromatic N) is 3. The van der Waals surface area contributed by atoms with Gasteiger partial charge in [0, 0.05) is 36.1 Å². The van der Waals surface area contributed by atoms with E-state index in [-0.39, 0.29) is 23.7 Å². The fourth-order valence-electron chi connectivity index (χ4n) is 2.81. The van der Waals surface area contributed by atoms with E-state index in [0.29, 0.717) is 11.4 Å². The van der Waals surface area contributed by atoms with Gasteiger partial charge in [-0.2, -0.15) is 0 Å². The first-order valence-corrected chi connectivity index (χ1v) is 7.71. The summed E-state index contributed by atoms with van der Waals surface area (Å²) >= 11 is 0. The van der Waals surface area contributed by atoms with Crippen molar-refractivity contribution in [1.82, 2.24) is 19.9 Å². The molecule has 1 fully saturated rings. The Morgan fingerprint density at radius 1 is 1.25 bits per heavy atom. The SMILES string of the molecule is O=C(N[C@H]1C[C@H]1c1cccc(F)c1)c1ccnc(-n2ccnc2)c1. The lowest BCUT2D eigenvalue weighted by Gasteiger charge is -2.07. The summed E-state index contributed by atoms with van der Waals surface area (Å²) in [6, 6.07) is 9.98. The van der Waals surface area contributed by atoms with Crippen LogP contribution in [0.5, 0.6) is 0 Å². The van der Waals surface area contributed by atoms with Gasteiger partial charge >= 0.3 is 0 Å². The third-order valence-electron chi connectivity index (χ3n) is 4.16. The van der Waals surface area contributed by atoms with Crippen LogP contribution in [0.4, 0.5) is 4.39 Å². The van der Waals surface area contributed by atoms with E-state index in [4.69, 9.17) is 0 Å². The number of carbonyl (C=O) groups is 1. The molecule has 1 aliphatic carbocycles. The van der Waals surface area contributed by atoms with Gasteiger partial charge in [0.2, 0.25) is 0 Å². The number of imidazole rings is 1. The molecule has 1 saturated carbocycles. The van der Waals surface area contributed by atoms with Crippen LogP contribution in [0.25, 0.3) is 5.82 Å². The Bertz CT molecular complexity index is 878. The lowest BCUT2D eigenvalue weighted by molar-refractivity contribution is 0.0950. The lowest BCUT2D eigenvalue weighted by atomic mass is 10.1. The molecule has 1 N–H and O–H groups in total. The number of amides is 1. The summed E-state index contributed by atoms with van der Waals surface area (Å²) in [5, 5.41) is 3.00. The van der Waals surface area contributed by atoms with Crippen molar-refractivity contribution in [2.75, 3.05) is 0 Å². The molecule has 6 heteroatoms. The number of hydrogen-bond acceptors (Lipinski definition) is 3. The van der Waals surface area contributed by atoms with Crippen LogP contribution in [-0.2, 0) is 0 Å². The molecule has 0 radical (unpaired) electrons. The summed E-state index contributed by atoms with van der Waals surface area (Å²) in [7, 11) is 0. The molecule has 2 heterocycles. The number of carbonyl (C=O) groups excluding carboxylic acids is 1. The summed E-state index contributed by atoms with van der Waals surface area (Å²) < 4.78 is 15.0. The molecule has 1 aromatic carbocycles. The van der Waals surface area contributed by atoms with Crippen LogP contribution in [0, 0.1) is 5.82 Å². The topological polar surface area (TPSA) is 59.8 Å². The number of aromatic nitrogens is 3. The first-order chi connectivity index (χ1) is 11.7. The molecule has 0 spiro atoms. The highest BCUT2D eigenvalue weighted by atomic mass is 19.1. The van der Waals surface area contributed by atoms with E-state index in [9.17, 15) is 9.18 Å². The molecular weight excluding hydrogens is 307 g/mol. The van der Waals surface area contributed by atoms with Crippen molar-refractivity contribution >= 4 is 5.91 Å². The zero-order valence-corrected chi connectivity index (χ0v) is 12.8. The molecule has 0 unspecified atom stereocenters. The zero-order valence-electron chi connectivity index (χ0n) is 12.8. The van der Waals surface area contributed by atoms with Crippen LogP contribution >= 0.6 is 0 Å². The molecule has 0 saturated heterocycles. The predicted molar refractivity (Wildman–Crippen MR) is 86.4 cm³/mol. The van der Waals surface area contributed by atoms with E-state index in [1.54, 1.807) is 47.7 Å². The maximum atomic E-state index is 13.3. The molecule has 1 aliphatic rings. The largest absolute Gasteiger partial charge is 0.349 e. The van der Waals surface area contributed by atoms with Crippen LogP contribution in [0.15, 0.2) is 61.3 Å². The highest BCUT2D eigenvalue weighted by Gasteiger charge is 2.39. The first-order valence-electron chi connectivity index (χ1n) is 7.71. The molecule has 120 valence electrons. The number of pyridine rings is 1. The summed E-state index contributed by atoms with van der Waals surface area (Å²) in [6.07, 6.45) is 7.48. The summed E-state index contributed by atoms with van der Waals surface area (Å²) in [5.74, 6) is 0.420. The Balaban J connectivity index is 1.45. The molecule has 2 atom stereocenters. The summed E-state index contributed by atoms with van der Waals surface area (Å²) in [5.41, 5.74) is 1.47. The second-order valence-corrected chi connectivity index (χ2v) is 5.85. The number of benzene rings is 1. The maximum Gasteiger partial charge on any atom is 0.251 e. The van der Waals surface area contributed by atoms with Gasteiger partial charge in [-0.1, -0.05) is 12.1 Å². The number of rotatable bonds is 4. The Labute approximate surface area is 138 Å². The van der Waals surface area contributed by atoms with Crippen molar-refractivity contribution in [1.29, 1.82) is 0 Å². The van der Waals surface area contributed by atoms with Gasteiger partial charge in [-0.05, 0) is 36.2 Å². The molecule has 4 rings (SSSR count). The van der Waals surface area contributed by atoms with Crippen molar-refractivity contribution in [3.8, 4) is 5.82 Å². The number of halogens is 1. The highest BCUT2D eigenvalue weighted by Crippen LogP contribution is 2.41. The average molecular weight is 322 g/mol. The minimum Gasteiger partial charge on any atom is -0.349 e. The van der Waals surface area contributed by atoms with Crippen molar-refractivity contribution in [3.05, 3.63) is 78.3 Å². The molecular formula is C18H15FN4O. The van der Waals surface area contributed by atoms with Crippen LogP contribution in [-0.4, -0.2) is 26.5 Å². The Morgan fingerprint density at radius 3 is 2.96 bits per heavy atom. The van der Waals surface area contributed by atoms with Gasteiger partial charge < -0.3 is 5.32 Å². The molecule has 5 nitrogen and oxygen atoms in total. The lowest BCUT2D eigenvalue weighted by Crippen LogP contribution is -2.26. The fourth-order valence-corrected chi connectivity index (χ4v) is 2.81. The molecule has 0 bridgehead atoms. The van der Waals surface area contributed by atoms with E-state index in [2.05, 4.69) is 15.3 Å². The van der Waals surface area contributed by atoms with Gasteiger partial charge in [-0.3, -0.25) is 9.36 Å². The molecule has 1 amide bonds. The van der Waals surface area contributed by atoms with Crippen LogP contribution in [0.3, 0.4) is 0 Å². The van der Waals surface area contributed by atoms with Crippen molar-refractivity contribution in [2.45, 2.75) is 18.4 Å². The van der Waals surface area contributed by atoms with E-state index >= 15 is 0 Å². The number of hydrogen-bond donors (Lipinski definition) is 1. The Hall–Kier alpha value is -3.02. The molecule has 24 heavy (non-hydrogen) atoms. The van der Waals surface area contributed by atoms with E-state index in [0.717, 1.165) is 12.0 Å². The van der Waals surface area contributed by atoms with E-state index in [1.807, 2.05) is 6.07 Å². The average Bonchev–Trinajstić information content (AvgIpc) is 3.14. The van der Waals surface area contributed by atoms with Crippen LogP contribution < -0.4 is 5.32 Å². The van der Waals surface area contributed by atoms with Gasteiger partial charge in [0.05, 0.1) is 0 Å². The fraction of sp³-hybridized carbons (Fsp3) is 0.167. The van der Waals surface area contributed by atoms with E-state index in [1.165, 1.54) is 12.1 Å². The molecule has 0 aliphatic heterocycles. The van der Waals surface area contributed by atoms with Crippen molar-refractivity contribution in [3.63, 3.8) is 0 Å². The minimum atomic E-state index is -0.247. The van der Waals surface area contributed by atoms with E-state index < -0.39 is 0 Å². The van der Waals surface area contributed by atoms with Crippen molar-refractivity contribution in [2.24, 2.45) is 0 Å². The van der Waals surface area contributed by atoms with Crippen LogP contribution in [0.2, 0.25) is 0 Å². The third-order valence-corrected chi connectivity index (χ3v) is 4.16. The van der Waals surface area contributed by atoms with Gasteiger partial charge in [0.1, 0.15) is 18.0 Å². The van der Waals surface area contributed by atoms with Gasteiger partial charge in [-0.15, -0.1) is 0 Å². The maximum absolute atomic E-state index is 13.3. The van der Waals surface area contributed by atoms with Gasteiger partial charge in [0.15, 0.2) is 0 Å². The normalized spacial score (nSPS) is 19.0. The zero-order chi connectivity index (χ0) is 16.5. The Morgan fingerprint density at radius 2 is 2.17 bits per heavy atom. The number of nitrogens with one attached hydrogen (secondary N) is 1. The Kier molecular flexibility index (Phi) is 3.57. The smallest absolute Gasteiger partial charge is 0.251 e. The molecule has 2 aromatic heterocycles. The highest BCUT2D eigenvalue weighted by molar-refractivity contribution is 5.95. The summed E-state index contributed by atoms with van der Waals surface area (Å²) in [4.78, 5) is 20.6. The minimum absolute atomic E-state index is 0.0455.